The van der Waals surface area contributed by atoms with Crippen molar-refractivity contribution in [2.45, 2.75) is 57.4 Å². The number of unbranched alkanes of at least 4 members (excludes halogenated alkanes) is 3. The third kappa shape index (κ3) is 9.56. The number of nitrogens with zero attached hydrogens (tertiary/aromatic N) is 3. The van der Waals surface area contributed by atoms with Gasteiger partial charge in [-0.2, -0.15) is 0 Å². The number of ketones is 1. The molecule has 0 bridgehead atoms. The van der Waals surface area contributed by atoms with E-state index in [0.717, 1.165) is 6.42 Å². The minimum absolute atomic E-state index is 0.00970. The highest BCUT2D eigenvalue weighted by molar-refractivity contribution is 5.87. The van der Waals surface area contributed by atoms with Crippen LogP contribution in [-0.4, -0.2) is 59.4 Å². The zero-order valence-corrected chi connectivity index (χ0v) is 15.1. The van der Waals surface area contributed by atoms with E-state index >= 15 is 0 Å². The Balaban J connectivity index is 2.20. The van der Waals surface area contributed by atoms with Gasteiger partial charge in [-0.1, -0.05) is 6.42 Å². The molecule has 1 aliphatic heterocycles. The fraction of sp³-hybridized carbons (Fsp3) is 0.867. The molecule has 0 radical (unpaired) electrons. The molecule has 1 amide bonds. The van der Waals surface area contributed by atoms with Crippen molar-refractivity contribution >= 4 is 11.9 Å². The third-order valence-corrected chi connectivity index (χ3v) is 4.08. The maximum absolute atomic E-state index is 12.3. The molecule has 1 rings (SSSR count). The van der Waals surface area contributed by atoms with Crippen molar-refractivity contribution in [1.82, 2.24) is 4.90 Å². The van der Waals surface area contributed by atoms with E-state index < -0.39 is 22.3 Å². The molecule has 1 atom stereocenters. The number of carbonyl (C=O) groups is 2. The van der Waals surface area contributed by atoms with E-state index in [1.165, 1.54) is 4.90 Å². The van der Waals surface area contributed by atoms with Gasteiger partial charge >= 0.3 is 6.09 Å². The van der Waals surface area contributed by atoms with E-state index in [1.807, 2.05) is 0 Å². The summed E-state index contributed by atoms with van der Waals surface area (Å²) < 4.78 is 5.12. The van der Waals surface area contributed by atoms with Gasteiger partial charge in [-0.15, -0.1) is 20.2 Å². The van der Waals surface area contributed by atoms with E-state index in [0.29, 0.717) is 51.5 Å². The first-order valence-corrected chi connectivity index (χ1v) is 8.92. The van der Waals surface area contributed by atoms with E-state index in [-0.39, 0.29) is 25.6 Å². The van der Waals surface area contributed by atoms with Crippen LogP contribution in [0.1, 0.15) is 51.4 Å². The molecule has 0 N–H and O–H groups in total. The van der Waals surface area contributed by atoms with Gasteiger partial charge < -0.3 is 14.4 Å². The van der Waals surface area contributed by atoms with Crippen LogP contribution >= 0.6 is 0 Å². The second-order valence-corrected chi connectivity index (χ2v) is 6.06. The monoisotopic (exact) mass is 391 g/mol. The molecule has 1 aliphatic rings. The number of carbonyl (C=O) groups excluding carboxylic acids is 2. The summed E-state index contributed by atoms with van der Waals surface area (Å²) in [6.07, 6.45) is 3.57. The molecule has 1 unspecified atom stereocenters. The van der Waals surface area contributed by atoms with Crippen LogP contribution in [0.2, 0.25) is 0 Å². The van der Waals surface area contributed by atoms with Crippen molar-refractivity contribution in [2.75, 3.05) is 26.4 Å². The number of Topliss-reactive ketones (excluding diaryl/α,β-unsaturated/α-hetero) is 1. The Morgan fingerprint density at radius 2 is 1.52 bits per heavy atom. The van der Waals surface area contributed by atoms with Gasteiger partial charge in [0.2, 0.25) is 0 Å². The summed E-state index contributed by atoms with van der Waals surface area (Å²) >= 11 is 0. The summed E-state index contributed by atoms with van der Waals surface area (Å²) in [4.78, 5) is 54.2. The first-order valence-electron chi connectivity index (χ1n) is 8.92. The molecule has 0 aromatic heterocycles. The highest BCUT2D eigenvalue weighted by Crippen LogP contribution is 2.21. The minimum atomic E-state index is -0.873. The molecule has 1 saturated heterocycles. The van der Waals surface area contributed by atoms with E-state index in [2.05, 4.69) is 9.68 Å². The number of hydrogen-bond donors (Lipinski definition) is 0. The highest BCUT2D eigenvalue weighted by atomic mass is 17.0. The molecule has 12 nitrogen and oxygen atoms in total. The van der Waals surface area contributed by atoms with Crippen LogP contribution < -0.4 is 0 Å². The van der Waals surface area contributed by atoms with Crippen LogP contribution in [0.5, 0.6) is 0 Å². The molecular formula is C15H25N3O9. The topological polar surface area (TPSA) is 151 Å². The largest absolute Gasteiger partial charge is 0.449 e. The summed E-state index contributed by atoms with van der Waals surface area (Å²) in [6, 6.07) is -0.495. The molecule has 27 heavy (non-hydrogen) atoms. The number of amides is 1. The van der Waals surface area contributed by atoms with Crippen molar-refractivity contribution in [3.05, 3.63) is 20.2 Å². The average Bonchev–Trinajstić information content (AvgIpc) is 3.10. The van der Waals surface area contributed by atoms with Gasteiger partial charge in [-0.25, -0.2) is 4.79 Å². The molecule has 0 spiro atoms. The van der Waals surface area contributed by atoms with E-state index in [1.54, 1.807) is 0 Å². The maximum atomic E-state index is 12.3. The van der Waals surface area contributed by atoms with Crippen LogP contribution in [0, 0.1) is 20.2 Å². The molecule has 0 aliphatic carbocycles. The van der Waals surface area contributed by atoms with Crippen LogP contribution in [0.25, 0.3) is 0 Å². The predicted octanol–water partition coefficient (Wildman–Crippen LogP) is 1.91. The van der Waals surface area contributed by atoms with Crippen LogP contribution in [-0.2, 0) is 19.2 Å². The van der Waals surface area contributed by atoms with Crippen LogP contribution in [0.3, 0.4) is 0 Å². The Bertz CT molecular complexity index is 471. The van der Waals surface area contributed by atoms with Gasteiger partial charge in [0.15, 0.2) is 5.78 Å². The smallest absolute Gasteiger partial charge is 0.410 e. The van der Waals surface area contributed by atoms with Gasteiger partial charge in [0.05, 0.1) is 25.9 Å². The second kappa shape index (κ2) is 12.7. The van der Waals surface area contributed by atoms with Crippen molar-refractivity contribution in [3.63, 3.8) is 0 Å². The third-order valence-electron chi connectivity index (χ3n) is 4.08. The van der Waals surface area contributed by atoms with Gasteiger partial charge in [0, 0.05) is 13.0 Å². The van der Waals surface area contributed by atoms with E-state index in [4.69, 9.17) is 4.74 Å². The first-order chi connectivity index (χ1) is 12.9. The Morgan fingerprint density at radius 3 is 2.15 bits per heavy atom. The molecule has 0 aromatic rings. The zero-order chi connectivity index (χ0) is 20.1. The number of likely N-dealkylation sites (tertiary alicyclic amines) is 1. The molecule has 0 saturated carbocycles. The first kappa shape index (κ1) is 22.4. The van der Waals surface area contributed by atoms with Gasteiger partial charge in [-0.3, -0.25) is 9.69 Å². The molecule has 154 valence electrons. The number of ether oxygens (including phenoxy) is 1. The van der Waals surface area contributed by atoms with Crippen molar-refractivity contribution in [3.8, 4) is 0 Å². The normalized spacial score (nSPS) is 16.0. The second-order valence-electron chi connectivity index (χ2n) is 6.06. The number of hydrogen-bond acceptors (Lipinski definition) is 9. The zero-order valence-electron chi connectivity index (χ0n) is 15.1. The standard InChI is InChI=1S/C15H25N3O9/c19-14(8-2-1-3-11-26-17(21)22)13-7-6-9-16(13)15(20)25-10-4-5-12-27-18(23)24/h13H,1-12H2. The lowest BCUT2D eigenvalue weighted by Crippen LogP contribution is -2.40. The summed E-state index contributed by atoms with van der Waals surface area (Å²) in [6.45, 7) is 0.516. The van der Waals surface area contributed by atoms with Gasteiger partial charge in [0.25, 0.3) is 10.2 Å². The molecule has 12 heteroatoms. The lowest BCUT2D eigenvalue weighted by atomic mass is 10.0. The molecule has 0 aromatic carbocycles. The van der Waals surface area contributed by atoms with E-state index in [9.17, 15) is 29.8 Å². The molecule has 1 fully saturated rings. The van der Waals surface area contributed by atoms with Crippen molar-refractivity contribution in [1.29, 1.82) is 0 Å². The maximum Gasteiger partial charge on any atom is 0.410 e. The Labute approximate surface area is 155 Å². The highest BCUT2D eigenvalue weighted by Gasteiger charge is 2.34. The fourth-order valence-corrected chi connectivity index (χ4v) is 2.79. The predicted molar refractivity (Wildman–Crippen MR) is 89.7 cm³/mol. The summed E-state index contributed by atoms with van der Waals surface area (Å²) in [7, 11) is 0. The Hall–Kier alpha value is -2.66. The molecular weight excluding hydrogens is 366 g/mol. The van der Waals surface area contributed by atoms with Gasteiger partial charge in [-0.05, 0) is 38.5 Å². The molecule has 1 heterocycles. The Kier molecular flexibility index (Phi) is 10.5. The SMILES string of the molecule is O=C(CCCCCO[N+](=O)[O-])C1CCCN1C(=O)OCCCCO[N+](=O)[O-]. The van der Waals surface area contributed by atoms with Gasteiger partial charge in [0.1, 0.15) is 0 Å². The van der Waals surface area contributed by atoms with Crippen molar-refractivity contribution < 1.29 is 34.2 Å². The average molecular weight is 391 g/mol. The fourth-order valence-electron chi connectivity index (χ4n) is 2.79. The summed E-state index contributed by atoms with van der Waals surface area (Å²) in [5, 5.41) is 18.3. The Morgan fingerprint density at radius 1 is 0.926 bits per heavy atom. The lowest BCUT2D eigenvalue weighted by molar-refractivity contribution is -0.757. The lowest BCUT2D eigenvalue weighted by Gasteiger charge is -2.23. The summed E-state index contributed by atoms with van der Waals surface area (Å²) in [5.41, 5.74) is 0. The van der Waals surface area contributed by atoms with Crippen molar-refractivity contribution in [2.24, 2.45) is 0 Å². The quantitative estimate of drug-likeness (QED) is 0.245. The number of rotatable bonds is 14. The minimum Gasteiger partial charge on any atom is -0.449 e. The van der Waals surface area contributed by atoms with Crippen LogP contribution in [0.4, 0.5) is 4.79 Å². The summed E-state index contributed by atoms with van der Waals surface area (Å²) in [5.74, 6) is -0.0426. The van der Waals surface area contributed by atoms with Crippen LogP contribution in [0.15, 0.2) is 0 Å².